The summed E-state index contributed by atoms with van der Waals surface area (Å²) in [5.41, 5.74) is 11.1. The van der Waals surface area contributed by atoms with Crippen LogP contribution in [0.5, 0.6) is 23.5 Å². The topological polar surface area (TPSA) is 445 Å². The highest BCUT2D eigenvalue weighted by Crippen LogP contribution is 2.49. The number of rotatable bonds is 28. The van der Waals surface area contributed by atoms with E-state index in [0.717, 1.165) is 35.8 Å². The van der Waals surface area contributed by atoms with Crippen molar-refractivity contribution in [2.45, 2.75) is 79.6 Å². The van der Waals surface area contributed by atoms with Crippen molar-refractivity contribution < 1.29 is 83.3 Å². The van der Waals surface area contributed by atoms with E-state index in [1.807, 2.05) is 0 Å². The van der Waals surface area contributed by atoms with Crippen molar-refractivity contribution in [2.24, 2.45) is 23.3 Å². The van der Waals surface area contributed by atoms with Crippen molar-refractivity contribution in [1.29, 1.82) is 0 Å². The van der Waals surface area contributed by atoms with Crippen molar-refractivity contribution in [3.63, 3.8) is 0 Å². The number of amides is 4. The zero-order valence-corrected chi connectivity index (χ0v) is 37.6. The number of ketones is 1. The van der Waals surface area contributed by atoms with Gasteiger partial charge >= 0.3 is 29.9 Å². The third-order valence-electron chi connectivity index (χ3n) is 9.90. The average molecular weight is 985 g/mol. The minimum atomic E-state index is -1.48. The normalized spacial score (nSPS) is 17.3. The largest absolute Gasteiger partial charge is 0.502 e. The summed E-state index contributed by atoms with van der Waals surface area (Å²) in [6.07, 6.45) is 0.186. The highest BCUT2D eigenvalue weighted by Gasteiger charge is 2.44. The van der Waals surface area contributed by atoms with Crippen LogP contribution in [0.25, 0.3) is 0 Å². The molecule has 0 aliphatic heterocycles. The molecule has 3 rings (SSSR count). The molecule has 1 aliphatic rings. The summed E-state index contributed by atoms with van der Waals surface area (Å²) in [7, 11) is 2.42. The zero-order chi connectivity index (χ0) is 50.0. The Bertz CT molecular complexity index is 2140. The van der Waals surface area contributed by atoms with E-state index in [-0.39, 0.29) is 60.6 Å². The number of nitrogens with two attached hydrogens (primary N) is 2. The third-order valence-corrected chi connectivity index (χ3v) is 12.8. The molecule has 8 atom stereocenters. The monoisotopic (exact) mass is 984 g/mol. The molecular weight excluding hydrogens is 933 g/mol. The van der Waals surface area contributed by atoms with Gasteiger partial charge in [0.1, 0.15) is 48.9 Å². The number of Topliss-reactive ketones (excluding diaryl/α,β-unsaturated/α-hetero) is 1. The SMILES string of the molecule is COc1nc(O)cc(C(SC[C@H](NC(=O)CC[C@H](N)C(=O)O)C(=O)NCC(=O)O)C2CCCC(C(SC[C@H](NC(=O)CC[C@@H](N)C(=O)O)C(=O)NCC(=O)O)c3ncc(O)c(OC)n3)C2=O)n1. The van der Waals surface area contributed by atoms with Gasteiger partial charge in [-0.2, -0.15) is 15.0 Å². The highest BCUT2D eigenvalue weighted by molar-refractivity contribution is 7.99. The fraction of sp³-hybridized carbons (Fsp3) is 0.553. The molecule has 2 heterocycles. The summed E-state index contributed by atoms with van der Waals surface area (Å²) in [6.45, 7) is -1.67. The number of carbonyl (C=O) groups is 9. The Morgan fingerprint density at radius 3 is 1.70 bits per heavy atom. The maximum absolute atomic E-state index is 15.0. The van der Waals surface area contributed by atoms with Gasteiger partial charge in [-0.25, -0.2) is 4.98 Å². The van der Waals surface area contributed by atoms with Crippen molar-refractivity contribution in [3.05, 3.63) is 23.8 Å². The number of aliphatic carboxylic acids is 4. The molecule has 0 radical (unpaired) electrons. The Labute approximate surface area is 389 Å². The van der Waals surface area contributed by atoms with Crippen LogP contribution >= 0.6 is 23.5 Å². The number of carboxylic acid groups (broad SMARTS) is 4. The number of nitrogens with zero attached hydrogens (tertiary/aromatic N) is 4. The predicted octanol–water partition coefficient (Wildman–Crippen LogP) is -2.32. The first kappa shape index (κ1) is 54.7. The fourth-order valence-electron chi connectivity index (χ4n) is 6.51. The fourth-order valence-corrected chi connectivity index (χ4v) is 9.34. The van der Waals surface area contributed by atoms with Crippen LogP contribution in [0, 0.1) is 11.8 Å². The number of aromatic hydroxyl groups is 2. The number of ether oxygens (including phenoxy) is 2. The van der Waals surface area contributed by atoms with E-state index < -0.39 is 137 Å². The Kier molecular flexibility index (Phi) is 21.7. The molecule has 0 aromatic carbocycles. The number of thioether (sulfide) groups is 2. The number of hydrogen-bond acceptors (Lipinski definition) is 21. The Morgan fingerprint density at radius 2 is 1.24 bits per heavy atom. The molecule has 1 fully saturated rings. The Hall–Kier alpha value is -6.59. The van der Waals surface area contributed by atoms with Gasteiger partial charge in [0, 0.05) is 42.2 Å². The summed E-state index contributed by atoms with van der Waals surface area (Å²) < 4.78 is 10.4. The average Bonchev–Trinajstić information content (AvgIpc) is 3.28. The summed E-state index contributed by atoms with van der Waals surface area (Å²) in [4.78, 5) is 129. The van der Waals surface area contributed by atoms with E-state index in [1.54, 1.807) is 0 Å². The maximum Gasteiger partial charge on any atom is 0.322 e. The van der Waals surface area contributed by atoms with Gasteiger partial charge in [0.25, 0.3) is 5.88 Å². The van der Waals surface area contributed by atoms with Crippen molar-refractivity contribution in [2.75, 3.05) is 38.8 Å². The number of nitrogens with one attached hydrogen (secondary N) is 4. The van der Waals surface area contributed by atoms with E-state index in [4.69, 9.17) is 31.2 Å². The first-order valence-corrected chi connectivity index (χ1v) is 22.3. The molecule has 4 amide bonds. The van der Waals surface area contributed by atoms with Crippen molar-refractivity contribution in [1.82, 2.24) is 41.2 Å². The van der Waals surface area contributed by atoms with Gasteiger partial charge in [0.05, 0.1) is 36.6 Å². The lowest BCUT2D eigenvalue weighted by Gasteiger charge is -2.36. The standard InChI is InChI=1S/C38H52N10O17S2/c1-64-35-23(49)11-41-32(48-35)31(67-15-22(34(59)43-13-28(55)56)45-25(51)9-7-19(40)37(62)63)17-5-3-4-16(29(17)57)30(20-10-26(52)47-38(46-20)65-2)66-14-21(33(58)42-12-27(53)54)44-24(50)8-6-18(39)36(60)61/h10-11,16-19,21-22,30-31,49H,3-9,12-15,39-40H2,1-2H3,(H,42,58)(H,43,59)(H,44,50)(H,45,51)(H,53,54)(H,55,56)(H,60,61)(H,62,63)(H,46,47,52)/t16?,17?,18-,19+,21-,22-,30?,31?/m0/s1. The molecule has 14 N–H and O–H groups in total. The molecule has 1 aliphatic carbocycles. The number of aromatic nitrogens is 4. The summed E-state index contributed by atoms with van der Waals surface area (Å²) in [5, 5.41) is 64.8. The van der Waals surface area contributed by atoms with Gasteiger partial charge in [-0.3, -0.25) is 43.2 Å². The molecule has 0 bridgehead atoms. The van der Waals surface area contributed by atoms with Crippen LogP contribution in [0.1, 0.15) is 67.0 Å². The summed E-state index contributed by atoms with van der Waals surface area (Å²) in [5.74, 6) is -13.7. The lowest BCUT2D eigenvalue weighted by molar-refractivity contribution is -0.140. The number of carbonyl (C=O) groups excluding carboxylic acids is 5. The van der Waals surface area contributed by atoms with Gasteiger partial charge in [-0.15, -0.1) is 23.5 Å². The van der Waals surface area contributed by atoms with Crippen LogP contribution in [0.2, 0.25) is 0 Å². The number of hydrogen-bond donors (Lipinski definition) is 12. The van der Waals surface area contributed by atoms with Crippen LogP contribution in [-0.4, -0.2) is 167 Å². The van der Waals surface area contributed by atoms with Crippen molar-refractivity contribution in [3.8, 4) is 23.5 Å². The van der Waals surface area contributed by atoms with Crippen LogP contribution in [0.3, 0.4) is 0 Å². The molecule has 1 saturated carbocycles. The predicted molar refractivity (Wildman–Crippen MR) is 232 cm³/mol. The maximum atomic E-state index is 15.0. The molecule has 2 aromatic heterocycles. The second kappa shape index (κ2) is 26.5. The molecule has 29 heteroatoms. The number of methoxy groups -OCH3 is 2. The molecule has 67 heavy (non-hydrogen) atoms. The van der Waals surface area contributed by atoms with Gasteiger partial charge in [-0.1, -0.05) is 6.42 Å². The second-order valence-electron chi connectivity index (χ2n) is 14.7. The highest BCUT2D eigenvalue weighted by atomic mass is 32.2. The van der Waals surface area contributed by atoms with Crippen LogP contribution in [-0.2, 0) is 43.2 Å². The van der Waals surface area contributed by atoms with Gasteiger partial charge in [0.2, 0.25) is 29.5 Å². The quantitative estimate of drug-likeness (QED) is 0.0426. The van der Waals surface area contributed by atoms with Crippen molar-refractivity contribution >= 4 is 76.8 Å². The third kappa shape index (κ3) is 17.3. The van der Waals surface area contributed by atoms with Crippen LogP contribution in [0.15, 0.2) is 12.3 Å². The molecule has 368 valence electrons. The molecule has 4 unspecified atom stereocenters. The lowest BCUT2D eigenvalue weighted by atomic mass is 9.76. The Morgan fingerprint density at radius 1 is 0.746 bits per heavy atom. The Balaban J connectivity index is 2.08. The van der Waals surface area contributed by atoms with E-state index in [9.17, 15) is 58.8 Å². The molecule has 0 saturated heterocycles. The smallest absolute Gasteiger partial charge is 0.322 e. The minimum Gasteiger partial charge on any atom is -0.502 e. The second-order valence-corrected chi connectivity index (χ2v) is 17.1. The molecule has 2 aromatic rings. The van der Waals surface area contributed by atoms with E-state index >= 15 is 4.79 Å². The van der Waals surface area contributed by atoms with Crippen LogP contribution in [0.4, 0.5) is 0 Å². The summed E-state index contributed by atoms with van der Waals surface area (Å²) in [6, 6.07) is -4.93. The zero-order valence-electron chi connectivity index (χ0n) is 36.0. The van der Waals surface area contributed by atoms with Gasteiger partial charge < -0.3 is 72.8 Å². The van der Waals surface area contributed by atoms with E-state index in [2.05, 4.69) is 41.2 Å². The van der Waals surface area contributed by atoms with Gasteiger partial charge in [0.15, 0.2) is 5.75 Å². The number of carboxylic acids is 4. The molecular formula is C38H52N10O17S2. The van der Waals surface area contributed by atoms with E-state index in [1.165, 1.54) is 14.2 Å². The van der Waals surface area contributed by atoms with Gasteiger partial charge in [-0.05, 0) is 25.7 Å². The summed E-state index contributed by atoms with van der Waals surface area (Å²) >= 11 is 1.82. The first-order chi connectivity index (χ1) is 31.6. The molecule has 27 nitrogen and oxygen atoms in total. The lowest BCUT2D eigenvalue weighted by Crippen LogP contribution is -2.50. The molecule has 0 spiro atoms. The van der Waals surface area contributed by atoms with E-state index in [0.29, 0.717) is 6.42 Å². The van der Waals surface area contributed by atoms with Crippen LogP contribution < -0.4 is 42.2 Å². The first-order valence-electron chi connectivity index (χ1n) is 20.2. The minimum absolute atomic E-state index is 0.0315.